The van der Waals surface area contributed by atoms with Crippen molar-refractivity contribution in [1.82, 2.24) is 24.5 Å². The van der Waals surface area contributed by atoms with E-state index in [1.54, 1.807) is 120 Å². The van der Waals surface area contributed by atoms with E-state index in [-0.39, 0.29) is 77.8 Å². The summed E-state index contributed by atoms with van der Waals surface area (Å²) in [6.07, 6.45) is 34.2. The second-order valence-corrected chi connectivity index (χ2v) is 36.1. The van der Waals surface area contributed by atoms with E-state index in [0.29, 0.717) is 55.7 Å². The number of aryl methyl sites for hydroxylation is 2. The Kier molecular flexibility index (Phi) is 45.3. The minimum absolute atomic E-state index is 0. The summed E-state index contributed by atoms with van der Waals surface area (Å²) in [6, 6.07) is 43.2. The molecule has 0 bridgehead atoms. The Bertz CT molecular complexity index is 3730. The van der Waals surface area contributed by atoms with Gasteiger partial charge in [0.25, 0.3) is 0 Å². The molecule has 3 amide bonds. The zero-order valence-corrected chi connectivity index (χ0v) is 77.1. The van der Waals surface area contributed by atoms with Crippen LogP contribution in [-0.4, -0.2) is 215 Å². The number of amides is 3. The van der Waals surface area contributed by atoms with Crippen molar-refractivity contribution < 1.29 is 105 Å². The quantitative estimate of drug-likeness (QED) is 0.0405. The molecule has 7 fully saturated rings. The predicted octanol–water partition coefficient (Wildman–Crippen LogP) is 16.6. The maximum Gasteiger partial charge on any atom is 0.307 e. The smallest absolute Gasteiger partial charge is 0.307 e. The number of hydrogen-bond acceptors (Lipinski definition) is 17. The number of hydrogen-bond donors (Lipinski definition) is 10. The van der Waals surface area contributed by atoms with Crippen molar-refractivity contribution in [2.24, 2.45) is 0 Å². The molecule has 12 N–H and O–H groups in total. The van der Waals surface area contributed by atoms with Gasteiger partial charge in [0, 0.05) is 86.5 Å². The van der Waals surface area contributed by atoms with Crippen LogP contribution in [0.5, 0.6) is 23.0 Å². The molecule has 0 spiro atoms. The maximum absolute atomic E-state index is 12.6. The molecular formula is C100H149N5O17V. The van der Waals surface area contributed by atoms with E-state index in [2.05, 4.69) is 55.1 Å². The first-order chi connectivity index (χ1) is 58.3. The molecule has 6 aromatic carbocycles. The van der Waals surface area contributed by atoms with Crippen LogP contribution in [0.4, 0.5) is 0 Å². The molecule has 0 aliphatic heterocycles. The van der Waals surface area contributed by atoms with Gasteiger partial charge < -0.3 is 71.2 Å². The van der Waals surface area contributed by atoms with Crippen molar-refractivity contribution in [2.75, 3.05) is 70.5 Å². The summed E-state index contributed by atoms with van der Waals surface area (Å²) in [5.74, 6) is -0.909. The van der Waals surface area contributed by atoms with Crippen LogP contribution in [0.2, 0.25) is 0 Å². The fraction of sp³-hybridized carbons (Fsp3) is 0.580. The monoisotopic (exact) mass is 1740 g/mol. The molecule has 7 aliphatic carbocycles. The number of phenolic OH excluding ortho intramolecular Hbond substituents is 4. The van der Waals surface area contributed by atoms with Crippen LogP contribution in [0.15, 0.2) is 146 Å². The SMILES string of the molecule is CN(C)C(=O)C(c1ccc(O)cc1)C1(O)CCCCC1.CN(C)C(=O)C(c1ccc(O)cc1)C1(O)CCCCC1.CN(C)C(c1ccc(O)cc1)C1(O)CCCCC1.Cc1ccc(C(C(=O)N(C)C)C2(O)CCCCC2)cc1.Cc1ccc(C(N(C)C)C2(O)CCCCC2)cc1.O=C(O)Cc1ccc(O)cc1.O=C1CCCCC1.O=C1CCCCC1.[2H]O.[V]. The Hall–Kier alpha value is -8.00. The molecule has 13 rings (SSSR count). The normalized spacial score (nSPS) is 19.0. The number of carbonyl (C=O) groups is 6. The third kappa shape index (κ3) is 34.4. The molecule has 1 radical (unpaired) electrons. The first kappa shape index (κ1) is 106. The van der Waals surface area contributed by atoms with Crippen LogP contribution < -0.4 is 0 Å². The van der Waals surface area contributed by atoms with E-state index in [1.807, 2.05) is 57.4 Å². The van der Waals surface area contributed by atoms with Crippen LogP contribution in [-0.2, 0) is 53.7 Å². The number of nitrogens with zero attached hydrogens (tertiary/aromatic N) is 5. The van der Waals surface area contributed by atoms with Crippen LogP contribution in [0, 0.1) is 13.8 Å². The molecule has 7 saturated carbocycles. The number of benzene rings is 6. The molecule has 0 aromatic heterocycles. The average Bonchev–Trinajstić information content (AvgIpc) is 0.780. The van der Waals surface area contributed by atoms with Gasteiger partial charge in [0.15, 0.2) is 0 Å². The molecular weight excluding hydrogens is 1590 g/mol. The van der Waals surface area contributed by atoms with E-state index in [9.17, 15) is 69.6 Å². The van der Waals surface area contributed by atoms with Gasteiger partial charge in [-0.1, -0.05) is 217 Å². The van der Waals surface area contributed by atoms with E-state index in [1.165, 1.54) is 64.3 Å². The minimum Gasteiger partial charge on any atom is -0.508 e. The van der Waals surface area contributed by atoms with Crippen molar-refractivity contribution in [3.63, 3.8) is 0 Å². The Morgan fingerprint density at radius 3 is 0.715 bits per heavy atom. The summed E-state index contributed by atoms with van der Waals surface area (Å²) >= 11 is 0. The van der Waals surface area contributed by atoms with Gasteiger partial charge in [0.1, 0.15) is 34.6 Å². The number of carbonyl (C=O) groups excluding carboxylic acids is 5. The van der Waals surface area contributed by atoms with Crippen molar-refractivity contribution in [3.05, 3.63) is 190 Å². The summed E-state index contributed by atoms with van der Waals surface area (Å²) in [5.41, 5.74) is 10.1. The van der Waals surface area contributed by atoms with Gasteiger partial charge in [-0.05, 0) is 214 Å². The minimum atomic E-state index is -0.976. The second-order valence-electron chi connectivity index (χ2n) is 36.1. The van der Waals surface area contributed by atoms with Gasteiger partial charge in [0.05, 0.1) is 64.3 Å². The topological polar surface area (TPSA) is 352 Å². The molecule has 5 unspecified atom stereocenters. The van der Waals surface area contributed by atoms with Gasteiger partial charge in [-0.3, -0.25) is 38.6 Å². The predicted molar refractivity (Wildman–Crippen MR) is 483 cm³/mol. The first-order valence-electron chi connectivity index (χ1n) is 44.9. The molecule has 0 saturated heterocycles. The number of aliphatic carboxylic acids is 1. The summed E-state index contributed by atoms with van der Waals surface area (Å²) in [7, 11) is 18.5. The van der Waals surface area contributed by atoms with E-state index in [4.69, 9.17) is 17.1 Å². The van der Waals surface area contributed by atoms with Crippen molar-refractivity contribution in [3.8, 4) is 23.0 Å². The average molecular weight is 1750 g/mol. The van der Waals surface area contributed by atoms with Crippen molar-refractivity contribution in [2.45, 2.75) is 303 Å². The van der Waals surface area contributed by atoms with Gasteiger partial charge in [-0.25, -0.2) is 0 Å². The molecule has 6 aromatic rings. The fourth-order valence-electron chi connectivity index (χ4n) is 18.4. The van der Waals surface area contributed by atoms with Crippen LogP contribution in [0.1, 0.15) is 301 Å². The number of carboxylic acid groups (broad SMARTS) is 1. The van der Waals surface area contributed by atoms with Gasteiger partial charge in [-0.15, -0.1) is 0 Å². The van der Waals surface area contributed by atoms with Crippen molar-refractivity contribution >= 4 is 35.3 Å². The standard InChI is InChI=1S/C17H25NO2.2C16H23NO3.C16H25NO.C15H23NO2.C8H8O3.2C6H10O.H2O.V/c1-13-7-9-14(10-8-13)15(16(19)18(2)3)17(20)11-5-4-6-12-17;2*1-17(2)15(19)14(12-6-8-13(18)9-7-12)16(20)10-4-3-5-11-16;1-13-7-9-14(10-8-13)15(17(2)3)16(18)11-5-4-6-12-16;1-16(2)14(12-6-8-13(17)9-7-12)15(18)10-4-3-5-11-15;9-7-3-1-6(2-4-7)5-8(10)11;2*7-6-4-2-1-3-5-6;;/h7-10,15,20H,4-6,11-12H2,1-3H3;2*6-9,14,18,20H,3-5,10-11H2,1-2H3;7-10,15,18H,4-6,11-12H2,1-3H3;6-9,14,17-18H,3-5,10-11H2,1-2H3;1-4,9H,5H2,(H,10,11);2*1-5H2;1H2;/i/hD. The zero-order chi connectivity index (χ0) is 91.1. The van der Waals surface area contributed by atoms with Crippen molar-refractivity contribution in [1.29, 1.82) is 0 Å². The van der Waals surface area contributed by atoms with E-state index in [0.717, 1.165) is 183 Å². The van der Waals surface area contributed by atoms with E-state index >= 15 is 0 Å². The number of rotatable bonds is 17. The number of carboxylic acids is 1. The Balaban J connectivity index is 0.000000302. The zero-order valence-electron chi connectivity index (χ0n) is 76.8. The van der Waals surface area contributed by atoms with E-state index < -0.39 is 51.7 Å². The van der Waals surface area contributed by atoms with Crippen LogP contribution >= 0.6 is 0 Å². The Morgan fingerprint density at radius 2 is 0.512 bits per heavy atom. The van der Waals surface area contributed by atoms with Gasteiger partial charge in [-0.2, -0.15) is 0 Å². The molecule has 23 heteroatoms. The summed E-state index contributed by atoms with van der Waals surface area (Å²) in [6.45, 7) is 4.13. The third-order valence-electron chi connectivity index (χ3n) is 24.9. The summed E-state index contributed by atoms with van der Waals surface area (Å²) < 4.78 is 4.75. The molecule has 22 nitrogen and oxygen atoms in total. The Morgan fingerprint density at radius 1 is 0.317 bits per heavy atom. The number of likely N-dealkylation sites (N-methyl/N-ethyl adjacent to an activating group) is 5. The maximum atomic E-state index is 12.6. The number of aromatic hydroxyl groups is 4. The van der Waals surface area contributed by atoms with Crippen LogP contribution in [0.25, 0.3) is 0 Å². The summed E-state index contributed by atoms with van der Waals surface area (Å²) in [4.78, 5) is 77.7. The van der Waals surface area contributed by atoms with Gasteiger partial charge in [0.2, 0.25) is 19.2 Å². The molecule has 7 aliphatic rings. The van der Waals surface area contributed by atoms with Gasteiger partial charge >= 0.3 is 5.97 Å². The fourth-order valence-corrected chi connectivity index (χ4v) is 18.4. The molecule has 123 heavy (non-hydrogen) atoms. The largest absolute Gasteiger partial charge is 0.508 e. The third-order valence-corrected chi connectivity index (χ3v) is 24.9. The molecule has 0 heterocycles. The second kappa shape index (κ2) is 52.8. The Labute approximate surface area is 747 Å². The van der Waals surface area contributed by atoms with Crippen LogP contribution in [0.3, 0.4) is 0 Å². The number of Topliss-reactive ketones (excluding diaryl/α,β-unsaturated/α-hetero) is 2. The molecule has 5 atom stereocenters. The first-order valence-corrected chi connectivity index (χ1v) is 44.5. The number of aliphatic hydroxyl groups is 5. The summed E-state index contributed by atoms with van der Waals surface area (Å²) in [5, 5.41) is 100. The molecule has 681 valence electrons. The number of ketones is 2. The number of phenols is 4.